The van der Waals surface area contributed by atoms with E-state index in [1.165, 1.54) is 0 Å². The zero-order valence-electron chi connectivity index (χ0n) is 8.48. The highest BCUT2D eigenvalue weighted by Crippen LogP contribution is 2.13. The van der Waals surface area contributed by atoms with Gasteiger partial charge >= 0.3 is 0 Å². The Labute approximate surface area is 82.1 Å². The lowest BCUT2D eigenvalue weighted by Crippen LogP contribution is -2.22. The van der Waals surface area contributed by atoms with Crippen molar-refractivity contribution < 1.29 is 4.39 Å². The van der Waals surface area contributed by atoms with Gasteiger partial charge < -0.3 is 10.7 Å². The SMILES string of the molecule is CCCc1c(F)c(C)[nH]c(=O)c1CN. The number of nitrogens with two attached hydrogens (primary N) is 1. The van der Waals surface area contributed by atoms with Gasteiger partial charge in [-0.15, -0.1) is 0 Å². The van der Waals surface area contributed by atoms with Crippen molar-refractivity contribution in [1.82, 2.24) is 4.98 Å². The molecule has 0 spiro atoms. The molecule has 0 saturated heterocycles. The number of hydrogen-bond donors (Lipinski definition) is 2. The van der Waals surface area contributed by atoms with Crippen LogP contribution in [0.5, 0.6) is 0 Å². The lowest BCUT2D eigenvalue weighted by atomic mass is 10.0. The third kappa shape index (κ3) is 1.85. The Morgan fingerprint density at radius 2 is 2.07 bits per heavy atom. The van der Waals surface area contributed by atoms with Gasteiger partial charge in [0.2, 0.25) is 0 Å². The van der Waals surface area contributed by atoms with Gasteiger partial charge in [-0.3, -0.25) is 4.79 Å². The first-order valence-corrected chi connectivity index (χ1v) is 4.72. The first-order valence-electron chi connectivity index (χ1n) is 4.72. The van der Waals surface area contributed by atoms with E-state index in [4.69, 9.17) is 5.73 Å². The summed E-state index contributed by atoms with van der Waals surface area (Å²) < 4.78 is 13.6. The molecule has 0 unspecified atom stereocenters. The Morgan fingerprint density at radius 1 is 1.43 bits per heavy atom. The maximum absolute atomic E-state index is 13.6. The number of aromatic nitrogens is 1. The van der Waals surface area contributed by atoms with Crippen molar-refractivity contribution in [3.63, 3.8) is 0 Å². The molecule has 0 aromatic carbocycles. The molecule has 4 heteroatoms. The summed E-state index contributed by atoms with van der Waals surface area (Å²) in [6.45, 7) is 3.58. The van der Waals surface area contributed by atoms with Crippen LogP contribution in [0.3, 0.4) is 0 Å². The number of hydrogen-bond acceptors (Lipinski definition) is 2. The fourth-order valence-electron chi connectivity index (χ4n) is 1.52. The number of pyridine rings is 1. The van der Waals surface area contributed by atoms with E-state index in [0.29, 0.717) is 17.5 Å². The molecule has 0 aliphatic rings. The van der Waals surface area contributed by atoms with E-state index in [2.05, 4.69) is 4.98 Å². The molecule has 0 amide bonds. The first-order chi connectivity index (χ1) is 6.61. The monoisotopic (exact) mass is 198 g/mol. The molecule has 1 aromatic rings. The molecule has 3 N–H and O–H groups in total. The number of halogens is 1. The largest absolute Gasteiger partial charge is 0.326 e. The van der Waals surface area contributed by atoms with Gasteiger partial charge in [0.25, 0.3) is 5.56 Å². The first kappa shape index (κ1) is 10.9. The predicted molar refractivity (Wildman–Crippen MR) is 53.6 cm³/mol. The second-order valence-corrected chi connectivity index (χ2v) is 3.30. The molecule has 0 radical (unpaired) electrons. The highest BCUT2D eigenvalue weighted by atomic mass is 19.1. The van der Waals surface area contributed by atoms with Crippen molar-refractivity contribution in [2.24, 2.45) is 5.73 Å². The fraction of sp³-hybridized carbons (Fsp3) is 0.500. The molecule has 0 aliphatic carbocycles. The summed E-state index contributed by atoms with van der Waals surface area (Å²) >= 11 is 0. The summed E-state index contributed by atoms with van der Waals surface area (Å²) in [5, 5.41) is 0. The van der Waals surface area contributed by atoms with Gasteiger partial charge in [0, 0.05) is 12.1 Å². The van der Waals surface area contributed by atoms with Crippen molar-refractivity contribution in [3.8, 4) is 0 Å². The van der Waals surface area contributed by atoms with Gasteiger partial charge in [-0.1, -0.05) is 13.3 Å². The summed E-state index contributed by atoms with van der Waals surface area (Å²) in [7, 11) is 0. The van der Waals surface area contributed by atoms with E-state index >= 15 is 0 Å². The maximum Gasteiger partial charge on any atom is 0.253 e. The van der Waals surface area contributed by atoms with E-state index in [1.807, 2.05) is 6.92 Å². The molecule has 14 heavy (non-hydrogen) atoms. The van der Waals surface area contributed by atoms with Crippen LogP contribution in [0, 0.1) is 12.7 Å². The molecule has 0 bridgehead atoms. The van der Waals surface area contributed by atoms with Crippen LogP contribution in [0.25, 0.3) is 0 Å². The number of aromatic amines is 1. The lowest BCUT2D eigenvalue weighted by molar-refractivity contribution is 0.582. The van der Waals surface area contributed by atoms with Crippen LogP contribution in [-0.2, 0) is 13.0 Å². The smallest absolute Gasteiger partial charge is 0.253 e. The fourth-order valence-corrected chi connectivity index (χ4v) is 1.52. The van der Waals surface area contributed by atoms with Gasteiger partial charge in [0.05, 0.1) is 5.69 Å². The Balaban J connectivity index is 3.40. The molecule has 0 saturated carbocycles. The normalized spacial score (nSPS) is 10.6. The van der Waals surface area contributed by atoms with Crippen LogP contribution >= 0.6 is 0 Å². The second kappa shape index (κ2) is 4.37. The van der Waals surface area contributed by atoms with Gasteiger partial charge in [-0.25, -0.2) is 4.39 Å². The lowest BCUT2D eigenvalue weighted by Gasteiger charge is -2.08. The van der Waals surface area contributed by atoms with Crippen LogP contribution in [0.2, 0.25) is 0 Å². The summed E-state index contributed by atoms with van der Waals surface area (Å²) in [6, 6.07) is 0. The molecular weight excluding hydrogens is 183 g/mol. The zero-order chi connectivity index (χ0) is 10.7. The van der Waals surface area contributed by atoms with Gasteiger partial charge in [-0.05, 0) is 18.9 Å². The van der Waals surface area contributed by atoms with Crippen LogP contribution in [-0.4, -0.2) is 4.98 Å². The van der Waals surface area contributed by atoms with E-state index in [9.17, 15) is 9.18 Å². The van der Waals surface area contributed by atoms with Crippen LogP contribution < -0.4 is 11.3 Å². The van der Waals surface area contributed by atoms with Gasteiger partial charge in [0.15, 0.2) is 0 Å². The minimum atomic E-state index is -0.327. The maximum atomic E-state index is 13.6. The Kier molecular flexibility index (Phi) is 3.41. The van der Waals surface area contributed by atoms with Gasteiger partial charge in [-0.2, -0.15) is 0 Å². The molecule has 1 rings (SSSR count). The Bertz CT molecular complexity index is 384. The van der Waals surface area contributed by atoms with E-state index in [-0.39, 0.29) is 23.6 Å². The highest BCUT2D eigenvalue weighted by Gasteiger charge is 2.13. The number of aryl methyl sites for hydroxylation is 1. The van der Waals surface area contributed by atoms with Crippen molar-refractivity contribution in [2.75, 3.05) is 0 Å². The molecule has 0 aliphatic heterocycles. The Hall–Kier alpha value is -1.16. The van der Waals surface area contributed by atoms with Crippen molar-refractivity contribution >= 4 is 0 Å². The minimum absolute atomic E-state index is 0.0852. The van der Waals surface area contributed by atoms with E-state index in [0.717, 1.165) is 6.42 Å². The third-order valence-electron chi connectivity index (χ3n) is 2.24. The summed E-state index contributed by atoms with van der Waals surface area (Å²) in [5.74, 6) is -0.327. The number of H-pyrrole nitrogens is 1. The van der Waals surface area contributed by atoms with Crippen molar-refractivity contribution in [2.45, 2.75) is 33.2 Å². The number of nitrogens with one attached hydrogen (secondary N) is 1. The topological polar surface area (TPSA) is 58.9 Å². The minimum Gasteiger partial charge on any atom is -0.326 e. The summed E-state index contributed by atoms with van der Waals surface area (Å²) in [4.78, 5) is 13.9. The molecule has 78 valence electrons. The standard InChI is InChI=1S/C10H15FN2O/c1-3-4-7-8(5-12)10(14)13-6(2)9(7)11/h3-5,12H2,1-2H3,(H,13,14). The highest BCUT2D eigenvalue weighted by molar-refractivity contribution is 5.28. The molecule has 3 nitrogen and oxygen atoms in total. The molecule has 0 fully saturated rings. The van der Waals surface area contributed by atoms with Gasteiger partial charge in [0.1, 0.15) is 5.82 Å². The molecule has 0 atom stereocenters. The van der Waals surface area contributed by atoms with Crippen molar-refractivity contribution in [1.29, 1.82) is 0 Å². The van der Waals surface area contributed by atoms with Crippen LogP contribution in [0.15, 0.2) is 4.79 Å². The average Bonchev–Trinajstić information content (AvgIpc) is 2.14. The molecular formula is C10H15FN2O. The van der Waals surface area contributed by atoms with E-state index in [1.54, 1.807) is 6.92 Å². The van der Waals surface area contributed by atoms with Crippen LogP contribution in [0.4, 0.5) is 4.39 Å². The quantitative estimate of drug-likeness (QED) is 0.767. The summed E-state index contributed by atoms with van der Waals surface area (Å²) in [6.07, 6.45) is 1.36. The zero-order valence-corrected chi connectivity index (χ0v) is 8.48. The van der Waals surface area contributed by atoms with Crippen LogP contribution in [0.1, 0.15) is 30.2 Å². The molecule has 1 aromatic heterocycles. The second-order valence-electron chi connectivity index (χ2n) is 3.30. The average molecular weight is 198 g/mol. The Morgan fingerprint density at radius 3 is 2.57 bits per heavy atom. The van der Waals surface area contributed by atoms with E-state index < -0.39 is 0 Å². The third-order valence-corrected chi connectivity index (χ3v) is 2.24. The number of rotatable bonds is 3. The van der Waals surface area contributed by atoms with Crippen molar-refractivity contribution in [3.05, 3.63) is 33.0 Å². The predicted octanol–water partition coefficient (Wildman–Crippen LogP) is 1.23. The summed E-state index contributed by atoms with van der Waals surface area (Å²) in [5.41, 5.74) is 6.27. The molecule has 1 heterocycles.